The van der Waals surface area contributed by atoms with Gasteiger partial charge in [0, 0.05) is 19.6 Å². The van der Waals surface area contributed by atoms with Gasteiger partial charge in [0.1, 0.15) is 0 Å². The van der Waals surface area contributed by atoms with Crippen molar-refractivity contribution < 1.29 is 4.74 Å². The van der Waals surface area contributed by atoms with Crippen molar-refractivity contribution in [3.05, 3.63) is 107 Å². The van der Waals surface area contributed by atoms with Crippen LogP contribution in [0, 0.1) is 0 Å². The third-order valence-corrected chi connectivity index (χ3v) is 5.82. The minimum absolute atomic E-state index is 0.103. The normalized spacial score (nSPS) is 18.5. The van der Waals surface area contributed by atoms with E-state index in [0.29, 0.717) is 6.61 Å². The Hall–Kier alpha value is -3.15. The van der Waals surface area contributed by atoms with Gasteiger partial charge in [-0.3, -0.25) is 9.47 Å². The van der Waals surface area contributed by atoms with E-state index in [1.54, 1.807) is 0 Å². The van der Waals surface area contributed by atoms with Gasteiger partial charge < -0.3 is 9.72 Å². The largest absolute Gasteiger partial charge is 0.373 e. The molecule has 1 N–H and O–H groups in total. The Kier molecular flexibility index (Phi) is 5.22. The van der Waals surface area contributed by atoms with Crippen LogP contribution in [0.2, 0.25) is 0 Å². The van der Waals surface area contributed by atoms with E-state index >= 15 is 0 Å². The van der Waals surface area contributed by atoms with Crippen molar-refractivity contribution in [2.24, 2.45) is 0 Å². The third-order valence-electron chi connectivity index (χ3n) is 5.82. The number of benzene rings is 3. The molecule has 2 atom stereocenters. The van der Waals surface area contributed by atoms with Gasteiger partial charge in [0.2, 0.25) is 0 Å². The standard InChI is InChI=1S/C25H25N3O2/c29-25-26-21-13-7-8-14-22(21)28(25)24(20-11-5-2-6-12-20)23-18-27(15-16-30-23)17-19-9-3-1-4-10-19/h1-14,23-24H,15-18H2,(H,26,29). The molecular formula is C25H25N3O2. The Morgan fingerprint density at radius 3 is 2.43 bits per heavy atom. The van der Waals surface area contributed by atoms with E-state index in [2.05, 4.69) is 46.3 Å². The maximum absolute atomic E-state index is 13.0. The molecule has 5 heteroatoms. The molecule has 0 amide bonds. The monoisotopic (exact) mass is 399 g/mol. The summed E-state index contributed by atoms with van der Waals surface area (Å²) < 4.78 is 8.14. The fourth-order valence-electron chi connectivity index (χ4n) is 4.44. The molecule has 3 aromatic carbocycles. The first kappa shape index (κ1) is 18.9. The van der Waals surface area contributed by atoms with E-state index in [1.165, 1.54) is 5.56 Å². The number of morpholine rings is 1. The fraction of sp³-hybridized carbons (Fsp3) is 0.240. The van der Waals surface area contributed by atoms with E-state index in [0.717, 1.165) is 36.2 Å². The van der Waals surface area contributed by atoms with Crippen LogP contribution in [0.4, 0.5) is 0 Å². The lowest BCUT2D eigenvalue weighted by atomic mass is 9.99. The first-order valence-electron chi connectivity index (χ1n) is 10.4. The summed E-state index contributed by atoms with van der Waals surface area (Å²) in [6, 6.07) is 28.4. The molecule has 152 valence electrons. The number of nitrogens with one attached hydrogen (secondary N) is 1. The van der Waals surface area contributed by atoms with Crippen molar-refractivity contribution in [3.63, 3.8) is 0 Å². The highest BCUT2D eigenvalue weighted by Crippen LogP contribution is 2.29. The molecule has 0 aliphatic carbocycles. The molecule has 2 unspecified atom stereocenters. The number of ether oxygens (including phenoxy) is 1. The van der Waals surface area contributed by atoms with Crippen LogP contribution in [-0.4, -0.2) is 40.3 Å². The van der Waals surface area contributed by atoms with Crippen molar-refractivity contribution in [1.29, 1.82) is 0 Å². The summed E-state index contributed by atoms with van der Waals surface area (Å²) in [6.07, 6.45) is -0.123. The van der Waals surface area contributed by atoms with Crippen LogP contribution in [0.3, 0.4) is 0 Å². The van der Waals surface area contributed by atoms with Gasteiger partial charge in [-0.1, -0.05) is 72.8 Å². The number of aromatic amines is 1. The molecule has 1 saturated heterocycles. The highest BCUT2D eigenvalue weighted by molar-refractivity contribution is 5.75. The van der Waals surface area contributed by atoms with Crippen LogP contribution >= 0.6 is 0 Å². The molecule has 0 spiro atoms. The van der Waals surface area contributed by atoms with Crippen molar-refractivity contribution in [3.8, 4) is 0 Å². The van der Waals surface area contributed by atoms with Gasteiger partial charge in [-0.25, -0.2) is 4.79 Å². The smallest absolute Gasteiger partial charge is 0.327 e. The summed E-state index contributed by atoms with van der Waals surface area (Å²) in [6.45, 7) is 3.18. The maximum atomic E-state index is 13.0. The lowest BCUT2D eigenvalue weighted by molar-refractivity contribution is -0.0489. The number of fused-ring (bicyclic) bond motifs is 1. The van der Waals surface area contributed by atoms with Crippen molar-refractivity contribution in [2.75, 3.05) is 19.7 Å². The molecule has 4 aromatic rings. The van der Waals surface area contributed by atoms with Crippen molar-refractivity contribution >= 4 is 11.0 Å². The first-order valence-corrected chi connectivity index (χ1v) is 10.4. The lowest BCUT2D eigenvalue weighted by Crippen LogP contribution is -2.47. The molecule has 5 rings (SSSR count). The van der Waals surface area contributed by atoms with E-state index in [1.807, 2.05) is 53.1 Å². The molecule has 5 nitrogen and oxygen atoms in total. The number of aromatic nitrogens is 2. The van der Waals surface area contributed by atoms with Gasteiger partial charge in [-0.15, -0.1) is 0 Å². The van der Waals surface area contributed by atoms with E-state index in [9.17, 15) is 4.79 Å². The molecule has 0 bridgehead atoms. The van der Waals surface area contributed by atoms with E-state index in [4.69, 9.17) is 4.74 Å². The first-order chi connectivity index (χ1) is 14.8. The van der Waals surface area contributed by atoms with Crippen LogP contribution in [0.1, 0.15) is 17.2 Å². The number of hydrogen-bond donors (Lipinski definition) is 1. The molecule has 1 fully saturated rings. The van der Waals surface area contributed by atoms with Crippen LogP contribution in [0.25, 0.3) is 11.0 Å². The van der Waals surface area contributed by atoms with E-state index in [-0.39, 0.29) is 17.8 Å². The Balaban J connectivity index is 1.52. The molecular weight excluding hydrogens is 374 g/mol. The lowest BCUT2D eigenvalue weighted by Gasteiger charge is -2.37. The molecule has 2 heterocycles. The predicted molar refractivity (Wildman–Crippen MR) is 119 cm³/mol. The molecule has 30 heavy (non-hydrogen) atoms. The number of rotatable bonds is 5. The summed E-state index contributed by atoms with van der Waals surface area (Å²) >= 11 is 0. The summed E-state index contributed by atoms with van der Waals surface area (Å²) in [5.41, 5.74) is 4.02. The Morgan fingerprint density at radius 2 is 1.63 bits per heavy atom. The second-order valence-electron chi connectivity index (χ2n) is 7.80. The van der Waals surface area contributed by atoms with Crippen LogP contribution in [0.15, 0.2) is 89.7 Å². The van der Waals surface area contributed by atoms with Gasteiger partial charge in [0.15, 0.2) is 0 Å². The number of nitrogens with zero attached hydrogens (tertiary/aromatic N) is 2. The van der Waals surface area contributed by atoms with Gasteiger partial charge in [0.05, 0.1) is 29.8 Å². The minimum Gasteiger partial charge on any atom is -0.373 e. The van der Waals surface area contributed by atoms with Crippen LogP contribution in [-0.2, 0) is 11.3 Å². The SMILES string of the molecule is O=c1[nH]c2ccccc2n1C(c1ccccc1)C1CN(Cc2ccccc2)CCO1. The quantitative estimate of drug-likeness (QED) is 0.555. The molecule has 0 saturated carbocycles. The molecule has 1 aromatic heterocycles. The van der Waals surface area contributed by atoms with Crippen LogP contribution in [0.5, 0.6) is 0 Å². The summed E-state index contributed by atoms with van der Waals surface area (Å²) in [4.78, 5) is 18.4. The number of imidazole rings is 1. The number of H-pyrrole nitrogens is 1. The Morgan fingerprint density at radius 1 is 0.933 bits per heavy atom. The van der Waals surface area contributed by atoms with Gasteiger partial charge in [-0.2, -0.15) is 0 Å². The number of hydrogen-bond acceptors (Lipinski definition) is 3. The van der Waals surface area contributed by atoms with Gasteiger partial charge in [-0.05, 0) is 23.3 Å². The topological polar surface area (TPSA) is 50.3 Å². The second-order valence-corrected chi connectivity index (χ2v) is 7.80. The predicted octanol–water partition coefficient (Wildman–Crippen LogP) is 3.82. The summed E-state index contributed by atoms with van der Waals surface area (Å²) in [7, 11) is 0. The Labute approximate surface area is 175 Å². The third kappa shape index (κ3) is 3.70. The van der Waals surface area contributed by atoms with Crippen molar-refractivity contribution in [2.45, 2.75) is 18.7 Å². The second kappa shape index (κ2) is 8.30. The summed E-state index contributed by atoms with van der Waals surface area (Å²) in [5, 5.41) is 0. The fourth-order valence-corrected chi connectivity index (χ4v) is 4.44. The maximum Gasteiger partial charge on any atom is 0.327 e. The zero-order valence-corrected chi connectivity index (χ0v) is 16.8. The highest BCUT2D eigenvalue weighted by Gasteiger charge is 2.32. The molecule has 1 aliphatic heterocycles. The van der Waals surface area contributed by atoms with Gasteiger partial charge >= 0.3 is 5.69 Å². The Bertz CT molecular complexity index is 1170. The van der Waals surface area contributed by atoms with Gasteiger partial charge in [0.25, 0.3) is 0 Å². The average Bonchev–Trinajstić information content (AvgIpc) is 3.12. The summed E-state index contributed by atoms with van der Waals surface area (Å²) in [5.74, 6) is 0. The zero-order chi connectivity index (χ0) is 20.3. The minimum atomic E-state index is -0.201. The van der Waals surface area contributed by atoms with E-state index < -0.39 is 0 Å². The van der Waals surface area contributed by atoms with Crippen molar-refractivity contribution in [1.82, 2.24) is 14.5 Å². The highest BCUT2D eigenvalue weighted by atomic mass is 16.5. The van der Waals surface area contributed by atoms with Crippen LogP contribution < -0.4 is 5.69 Å². The molecule has 0 radical (unpaired) electrons. The molecule has 1 aliphatic rings. The average molecular weight is 399 g/mol. The number of para-hydroxylation sites is 2. The zero-order valence-electron chi connectivity index (χ0n) is 16.8.